The van der Waals surface area contributed by atoms with Gasteiger partial charge in [0.2, 0.25) is 5.91 Å². The molecule has 0 radical (unpaired) electrons. The second kappa shape index (κ2) is 9.01. The van der Waals surface area contributed by atoms with Crippen LogP contribution in [0.15, 0.2) is 42.6 Å². The number of carbonyl (C=O) groups excluding carboxylic acids is 1. The molecule has 2 heterocycles. The van der Waals surface area contributed by atoms with E-state index in [0.29, 0.717) is 0 Å². The van der Waals surface area contributed by atoms with Crippen LogP contribution in [0.4, 0.5) is 8.78 Å². The fourth-order valence-electron chi connectivity index (χ4n) is 3.25. The van der Waals surface area contributed by atoms with Crippen molar-refractivity contribution in [2.75, 3.05) is 32.7 Å². The minimum absolute atomic E-state index is 0.163. The number of pyridine rings is 1. The third-order valence-corrected chi connectivity index (χ3v) is 4.75. The highest BCUT2D eigenvalue weighted by Crippen LogP contribution is 2.17. The number of amides is 1. The average molecular weight is 374 g/mol. The van der Waals surface area contributed by atoms with Gasteiger partial charge in [0.15, 0.2) is 0 Å². The minimum atomic E-state index is -0.647. The van der Waals surface area contributed by atoms with E-state index in [0.717, 1.165) is 44.5 Å². The van der Waals surface area contributed by atoms with Crippen molar-refractivity contribution in [1.29, 1.82) is 0 Å². The largest absolute Gasteiger partial charge is 0.348 e. The first-order valence-corrected chi connectivity index (χ1v) is 9.10. The molecule has 1 aromatic heterocycles. The summed E-state index contributed by atoms with van der Waals surface area (Å²) < 4.78 is 26.8. The number of benzene rings is 1. The Morgan fingerprint density at radius 1 is 1.15 bits per heavy atom. The third kappa shape index (κ3) is 5.55. The van der Waals surface area contributed by atoms with Crippen LogP contribution in [0.3, 0.4) is 0 Å². The van der Waals surface area contributed by atoms with E-state index in [1.54, 1.807) is 13.1 Å². The summed E-state index contributed by atoms with van der Waals surface area (Å²) in [5, 5.41) is 2.79. The molecule has 1 aliphatic heterocycles. The van der Waals surface area contributed by atoms with E-state index < -0.39 is 17.7 Å². The summed E-state index contributed by atoms with van der Waals surface area (Å²) in [6.07, 6.45) is 1.79. The lowest BCUT2D eigenvalue weighted by Gasteiger charge is -2.34. The van der Waals surface area contributed by atoms with Crippen LogP contribution in [0.25, 0.3) is 0 Å². The molecule has 1 amide bonds. The molecule has 0 aliphatic carbocycles. The van der Waals surface area contributed by atoms with Crippen molar-refractivity contribution in [2.45, 2.75) is 19.5 Å². The second-order valence-electron chi connectivity index (χ2n) is 6.83. The van der Waals surface area contributed by atoms with Crippen LogP contribution >= 0.6 is 0 Å². The first-order valence-electron chi connectivity index (χ1n) is 9.10. The molecular weight excluding hydrogens is 350 g/mol. The zero-order valence-electron chi connectivity index (χ0n) is 15.4. The first kappa shape index (κ1) is 19.4. The number of carbonyl (C=O) groups is 1. The van der Waals surface area contributed by atoms with Gasteiger partial charge in [-0.2, -0.15) is 0 Å². The Balaban J connectivity index is 1.44. The Hall–Kier alpha value is -2.38. The molecule has 0 spiro atoms. The SMILES string of the molecule is C[C@@H](NC(=O)CN1CCN(Cc2ccccn2)CC1)c1ccc(F)cc1F. The highest BCUT2D eigenvalue weighted by atomic mass is 19.1. The van der Waals surface area contributed by atoms with Gasteiger partial charge in [-0.1, -0.05) is 12.1 Å². The van der Waals surface area contributed by atoms with Gasteiger partial charge < -0.3 is 5.32 Å². The molecule has 27 heavy (non-hydrogen) atoms. The summed E-state index contributed by atoms with van der Waals surface area (Å²) >= 11 is 0. The summed E-state index contributed by atoms with van der Waals surface area (Å²) in [5.41, 5.74) is 1.32. The van der Waals surface area contributed by atoms with E-state index in [1.807, 2.05) is 18.2 Å². The van der Waals surface area contributed by atoms with Crippen LogP contribution in [0.2, 0.25) is 0 Å². The van der Waals surface area contributed by atoms with Gasteiger partial charge in [-0.25, -0.2) is 8.78 Å². The normalized spacial score (nSPS) is 16.9. The molecular formula is C20H24F2N4O. The zero-order chi connectivity index (χ0) is 19.2. The van der Waals surface area contributed by atoms with Gasteiger partial charge in [-0.05, 0) is 25.1 Å². The molecule has 1 atom stereocenters. The lowest BCUT2D eigenvalue weighted by atomic mass is 10.1. The van der Waals surface area contributed by atoms with Crippen LogP contribution in [0.1, 0.15) is 24.2 Å². The summed E-state index contributed by atoms with van der Waals surface area (Å²) in [4.78, 5) is 21.0. The maximum Gasteiger partial charge on any atom is 0.234 e. The van der Waals surface area contributed by atoms with Gasteiger partial charge in [0.05, 0.1) is 18.3 Å². The summed E-state index contributed by atoms with van der Waals surface area (Å²) in [6, 6.07) is 8.78. The number of nitrogens with one attached hydrogen (secondary N) is 1. The van der Waals surface area contributed by atoms with Crippen LogP contribution in [0, 0.1) is 11.6 Å². The highest BCUT2D eigenvalue weighted by Gasteiger charge is 2.21. The van der Waals surface area contributed by atoms with Crippen molar-refractivity contribution in [1.82, 2.24) is 20.1 Å². The Morgan fingerprint density at radius 2 is 1.89 bits per heavy atom. The lowest BCUT2D eigenvalue weighted by Crippen LogP contribution is -2.49. The van der Waals surface area contributed by atoms with Crippen LogP contribution in [-0.2, 0) is 11.3 Å². The number of piperazine rings is 1. The van der Waals surface area contributed by atoms with Crippen LogP contribution < -0.4 is 5.32 Å². The van der Waals surface area contributed by atoms with Crippen molar-refractivity contribution in [2.24, 2.45) is 0 Å². The smallest absolute Gasteiger partial charge is 0.234 e. The third-order valence-electron chi connectivity index (χ3n) is 4.75. The van der Waals surface area contributed by atoms with Gasteiger partial charge in [0.1, 0.15) is 11.6 Å². The van der Waals surface area contributed by atoms with Crippen molar-refractivity contribution in [3.63, 3.8) is 0 Å². The van der Waals surface area contributed by atoms with Crippen molar-refractivity contribution < 1.29 is 13.6 Å². The van der Waals surface area contributed by atoms with Gasteiger partial charge in [-0.3, -0.25) is 19.6 Å². The van der Waals surface area contributed by atoms with E-state index in [9.17, 15) is 13.6 Å². The molecule has 1 fully saturated rings. The lowest BCUT2D eigenvalue weighted by molar-refractivity contribution is -0.123. The Bertz CT molecular complexity index is 764. The number of hydrogen-bond donors (Lipinski definition) is 1. The van der Waals surface area contributed by atoms with Gasteiger partial charge in [-0.15, -0.1) is 0 Å². The number of aromatic nitrogens is 1. The molecule has 7 heteroatoms. The van der Waals surface area contributed by atoms with Crippen molar-refractivity contribution in [3.8, 4) is 0 Å². The van der Waals surface area contributed by atoms with Crippen molar-refractivity contribution >= 4 is 5.91 Å². The molecule has 0 saturated carbocycles. The molecule has 5 nitrogen and oxygen atoms in total. The predicted molar refractivity (Wildman–Crippen MR) is 98.9 cm³/mol. The molecule has 1 saturated heterocycles. The molecule has 3 rings (SSSR count). The second-order valence-corrected chi connectivity index (χ2v) is 6.83. The fraction of sp³-hybridized carbons (Fsp3) is 0.400. The maximum absolute atomic E-state index is 13.8. The quantitative estimate of drug-likeness (QED) is 0.843. The molecule has 1 N–H and O–H groups in total. The van der Waals surface area contributed by atoms with E-state index in [4.69, 9.17) is 0 Å². The summed E-state index contributed by atoms with van der Waals surface area (Å²) in [7, 11) is 0. The molecule has 144 valence electrons. The monoisotopic (exact) mass is 374 g/mol. The van der Waals surface area contributed by atoms with E-state index in [1.165, 1.54) is 12.1 Å². The van der Waals surface area contributed by atoms with Gasteiger partial charge >= 0.3 is 0 Å². The fourth-order valence-corrected chi connectivity index (χ4v) is 3.25. The van der Waals surface area contributed by atoms with Gasteiger partial charge in [0.25, 0.3) is 0 Å². The number of nitrogens with zero attached hydrogens (tertiary/aromatic N) is 3. The molecule has 0 bridgehead atoms. The number of halogens is 2. The molecule has 0 unspecified atom stereocenters. The first-order chi connectivity index (χ1) is 13.0. The minimum Gasteiger partial charge on any atom is -0.348 e. The number of rotatable bonds is 6. The van der Waals surface area contributed by atoms with Crippen molar-refractivity contribution in [3.05, 3.63) is 65.5 Å². The highest BCUT2D eigenvalue weighted by molar-refractivity contribution is 5.78. The number of hydrogen-bond acceptors (Lipinski definition) is 4. The standard InChI is InChI=1S/C20H24F2N4O/c1-15(18-6-5-16(21)12-19(18)22)24-20(27)14-26-10-8-25(9-11-26)13-17-4-2-3-7-23-17/h2-7,12,15H,8-11,13-14H2,1H3,(H,24,27)/t15-/m1/s1. The molecule has 1 aliphatic rings. The maximum atomic E-state index is 13.8. The summed E-state index contributed by atoms with van der Waals surface area (Å²) in [6.45, 7) is 6.09. The van der Waals surface area contributed by atoms with Crippen LogP contribution in [0.5, 0.6) is 0 Å². The predicted octanol–water partition coefficient (Wildman–Crippen LogP) is 2.35. The molecule has 1 aromatic carbocycles. The van der Waals surface area contributed by atoms with Crippen LogP contribution in [-0.4, -0.2) is 53.4 Å². The van der Waals surface area contributed by atoms with Gasteiger partial charge in [0, 0.05) is 50.6 Å². The Labute approximate surface area is 158 Å². The van der Waals surface area contributed by atoms with E-state index >= 15 is 0 Å². The van der Waals surface area contributed by atoms with E-state index in [-0.39, 0.29) is 18.0 Å². The Kier molecular flexibility index (Phi) is 6.47. The summed E-state index contributed by atoms with van der Waals surface area (Å²) in [5.74, 6) is -1.44. The molecule has 2 aromatic rings. The van der Waals surface area contributed by atoms with E-state index in [2.05, 4.69) is 20.1 Å². The topological polar surface area (TPSA) is 48.5 Å². The Morgan fingerprint density at radius 3 is 2.56 bits per heavy atom. The average Bonchev–Trinajstić information content (AvgIpc) is 2.64. The zero-order valence-corrected chi connectivity index (χ0v) is 15.4.